The lowest BCUT2D eigenvalue weighted by Crippen LogP contribution is -2.45. The summed E-state index contributed by atoms with van der Waals surface area (Å²) in [5.41, 5.74) is 0.751. The second-order valence-electron chi connectivity index (χ2n) is 9.46. The van der Waals surface area contributed by atoms with Crippen molar-refractivity contribution in [3.05, 3.63) is 17.5 Å². The molecule has 7 heteroatoms. The van der Waals surface area contributed by atoms with Crippen molar-refractivity contribution < 1.29 is 13.7 Å². The molecule has 1 aliphatic heterocycles. The van der Waals surface area contributed by atoms with Crippen molar-refractivity contribution >= 4 is 14.2 Å². The smallest absolute Gasteiger partial charge is 0.234 e. The third kappa shape index (κ3) is 4.61. The maximum Gasteiger partial charge on any atom is 0.234 e. The monoisotopic (exact) mass is 391 g/mol. The SMILES string of the molecule is Cc1cc(C(C(=O)N2C[C@H](O[Si](C)(C)C(C)(C)C)C[C@H]2C#N)C(C)C)on1. The summed E-state index contributed by atoms with van der Waals surface area (Å²) >= 11 is 0. The van der Waals surface area contributed by atoms with E-state index >= 15 is 0 Å². The van der Waals surface area contributed by atoms with Crippen molar-refractivity contribution in [2.45, 2.75) is 84.2 Å². The van der Waals surface area contributed by atoms with E-state index in [0.29, 0.717) is 18.7 Å². The summed E-state index contributed by atoms with van der Waals surface area (Å²) in [6, 6.07) is 3.64. The molecule has 1 aromatic heterocycles. The van der Waals surface area contributed by atoms with Gasteiger partial charge in [-0.05, 0) is 31.0 Å². The van der Waals surface area contributed by atoms with Gasteiger partial charge in [0.15, 0.2) is 8.32 Å². The highest BCUT2D eigenvalue weighted by Crippen LogP contribution is 2.39. The summed E-state index contributed by atoms with van der Waals surface area (Å²) in [7, 11) is -1.96. The first kappa shape index (κ1) is 21.6. The van der Waals surface area contributed by atoms with Gasteiger partial charge in [-0.3, -0.25) is 4.79 Å². The third-order valence-corrected chi connectivity index (χ3v) is 10.4. The van der Waals surface area contributed by atoms with Crippen LogP contribution >= 0.6 is 0 Å². The molecule has 0 saturated carbocycles. The van der Waals surface area contributed by atoms with Gasteiger partial charge in [-0.2, -0.15) is 5.26 Å². The number of carbonyl (C=O) groups excluding carboxylic acids is 1. The van der Waals surface area contributed by atoms with Gasteiger partial charge in [-0.15, -0.1) is 0 Å². The van der Waals surface area contributed by atoms with Crippen LogP contribution in [0.1, 0.15) is 58.4 Å². The molecule has 2 rings (SSSR count). The van der Waals surface area contributed by atoms with Gasteiger partial charge in [-0.25, -0.2) is 0 Å². The first-order valence-corrected chi connectivity index (χ1v) is 12.6. The average Bonchev–Trinajstić information content (AvgIpc) is 3.11. The fourth-order valence-corrected chi connectivity index (χ4v) is 4.64. The summed E-state index contributed by atoms with van der Waals surface area (Å²) in [6.07, 6.45) is 0.471. The minimum absolute atomic E-state index is 0.0459. The lowest BCUT2D eigenvalue weighted by molar-refractivity contribution is -0.134. The quantitative estimate of drug-likeness (QED) is 0.702. The maximum absolute atomic E-state index is 13.3. The van der Waals surface area contributed by atoms with Crippen LogP contribution < -0.4 is 0 Å². The van der Waals surface area contributed by atoms with E-state index in [1.165, 1.54) is 0 Å². The Kier molecular flexibility index (Phi) is 6.22. The predicted molar refractivity (Wildman–Crippen MR) is 107 cm³/mol. The molecule has 6 nitrogen and oxygen atoms in total. The molecule has 0 aliphatic carbocycles. The third-order valence-electron chi connectivity index (χ3n) is 5.85. The molecule has 0 spiro atoms. The molecule has 1 unspecified atom stereocenters. The normalized spacial score (nSPS) is 22.1. The number of nitriles is 1. The van der Waals surface area contributed by atoms with Crippen LogP contribution in [0.25, 0.3) is 0 Å². The molecule has 1 fully saturated rings. The summed E-state index contributed by atoms with van der Waals surface area (Å²) < 4.78 is 11.9. The number of hydrogen-bond donors (Lipinski definition) is 0. The van der Waals surface area contributed by atoms with Gasteiger partial charge < -0.3 is 13.8 Å². The zero-order valence-electron chi connectivity index (χ0n) is 17.9. The van der Waals surface area contributed by atoms with Crippen LogP contribution in [0.2, 0.25) is 18.1 Å². The number of aryl methyl sites for hydroxylation is 1. The molecule has 2 heterocycles. The first-order chi connectivity index (χ1) is 12.4. The lowest BCUT2D eigenvalue weighted by Gasteiger charge is -2.38. The number of likely N-dealkylation sites (tertiary alicyclic amines) is 1. The minimum Gasteiger partial charge on any atom is -0.412 e. The van der Waals surface area contributed by atoms with Crippen LogP contribution in [0.15, 0.2) is 10.6 Å². The highest BCUT2D eigenvalue weighted by molar-refractivity contribution is 6.74. The summed E-state index contributed by atoms with van der Waals surface area (Å²) in [5, 5.41) is 13.6. The van der Waals surface area contributed by atoms with E-state index in [2.05, 4.69) is 45.1 Å². The molecular weight excluding hydrogens is 358 g/mol. The molecule has 0 N–H and O–H groups in total. The second kappa shape index (κ2) is 7.76. The molecule has 1 saturated heterocycles. The largest absolute Gasteiger partial charge is 0.412 e. The van der Waals surface area contributed by atoms with Gasteiger partial charge in [0, 0.05) is 19.0 Å². The van der Waals surface area contributed by atoms with E-state index < -0.39 is 20.3 Å². The van der Waals surface area contributed by atoms with Crippen molar-refractivity contribution in [2.75, 3.05) is 6.54 Å². The molecular formula is C20H33N3O3Si. The average molecular weight is 392 g/mol. The summed E-state index contributed by atoms with van der Waals surface area (Å²) in [6.45, 7) is 17.3. The Morgan fingerprint density at radius 3 is 2.52 bits per heavy atom. The maximum atomic E-state index is 13.3. The molecule has 0 bridgehead atoms. The highest BCUT2D eigenvalue weighted by Gasteiger charge is 2.45. The standard InChI is InChI=1S/C20H33N3O3Si/c1-13(2)18(17-9-14(3)22-25-17)19(24)23-12-16(10-15(23)11-21)26-27(7,8)20(4,5)6/h9,13,15-16,18H,10,12H2,1-8H3/t15-,16+,18?/m0/s1. The van der Waals surface area contributed by atoms with Crippen LogP contribution in [-0.4, -0.2) is 43.0 Å². The zero-order chi connectivity index (χ0) is 20.6. The molecule has 1 aliphatic rings. The first-order valence-electron chi connectivity index (χ1n) is 9.68. The van der Waals surface area contributed by atoms with Gasteiger partial charge >= 0.3 is 0 Å². The van der Waals surface area contributed by atoms with Gasteiger partial charge in [0.2, 0.25) is 5.91 Å². The number of hydrogen-bond acceptors (Lipinski definition) is 5. The van der Waals surface area contributed by atoms with E-state index in [4.69, 9.17) is 8.95 Å². The number of rotatable bonds is 5. The Morgan fingerprint density at radius 1 is 1.44 bits per heavy atom. The van der Waals surface area contributed by atoms with Gasteiger partial charge in [0.25, 0.3) is 0 Å². The number of amides is 1. The molecule has 27 heavy (non-hydrogen) atoms. The van der Waals surface area contributed by atoms with Crippen molar-refractivity contribution in [1.29, 1.82) is 5.26 Å². The van der Waals surface area contributed by atoms with Crippen molar-refractivity contribution in [3.8, 4) is 6.07 Å². The minimum atomic E-state index is -1.96. The van der Waals surface area contributed by atoms with Crippen LogP contribution in [0.5, 0.6) is 0 Å². The van der Waals surface area contributed by atoms with Crippen LogP contribution in [-0.2, 0) is 9.22 Å². The Balaban J connectivity index is 2.21. The van der Waals surface area contributed by atoms with Crippen LogP contribution in [0.4, 0.5) is 0 Å². The number of carbonyl (C=O) groups is 1. The Labute approximate surface area is 164 Å². The van der Waals surface area contributed by atoms with Gasteiger partial charge in [-0.1, -0.05) is 39.8 Å². The summed E-state index contributed by atoms with van der Waals surface area (Å²) in [4.78, 5) is 15.0. The molecule has 0 radical (unpaired) electrons. The van der Waals surface area contributed by atoms with Gasteiger partial charge in [0.1, 0.15) is 17.7 Å². The molecule has 1 aromatic rings. The van der Waals surface area contributed by atoms with E-state index in [0.717, 1.165) is 5.69 Å². The van der Waals surface area contributed by atoms with Crippen molar-refractivity contribution in [3.63, 3.8) is 0 Å². The zero-order valence-corrected chi connectivity index (χ0v) is 18.9. The predicted octanol–water partition coefficient (Wildman–Crippen LogP) is 4.24. The van der Waals surface area contributed by atoms with Crippen LogP contribution in [0.3, 0.4) is 0 Å². The van der Waals surface area contributed by atoms with E-state index in [9.17, 15) is 10.1 Å². The molecule has 1 amide bonds. The fraction of sp³-hybridized carbons (Fsp3) is 0.750. The Morgan fingerprint density at radius 2 is 2.07 bits per heavy atom. The van der Waals surface area contributed by atoms with E-state index in [1.54, 1.807) is 4.90 Å². The summed E-state index contributed by atoms with van der Waals surface area (Å²) in [5.74, 6) is 0.102. The Bertz CT molecular complexity index is 715. The van der Waals surface area contributed by atoms with Crippen molar-refractivity contribution in [2.24, 2.45) is 5.92 Å². The lowest BCUT2D eigenvalue weighted by atomic mass is 9.91. The number of aromatic nitrogens is 1. The molecule has 150 valence electrons. The van der Waals surface area contributed by atoms with Crippen molar-refractivity contribution in [1.82, 2.24) is 10.1 Å². The highest BCUT2D eigenvalue weighted by atomic mass is 28.4. The Hall–Kier alpha value is -1.65. The number of nitrogens with zero attached hydrogens (tertiary/aromatic N) is 3. The molecule has 0 aromatic carbocycles. The second-order valence-corrected chi connectivity index (χ2v) is 14.2. The topological polar surface area (TPSA) is 79.4 Å². The van der Waals surface area contributed by atoms with Gasteiger partial charge in [0.05, 0.1) is 17.9 Å². The fourth-order valence-electron chi connectivity index (χ4n) is 3.29. The van der Waals surface area contributed by atoms with Crippen LogP contribution in [0, 0.1) is 24.2 Å². The van der Waals surface area contributed by atoms with E-state index in [-0.39, 0.29) is 23.0 Å². The van der Waals surface area contributed by atoms with E-state index in [1.807, 2.05) is 26.8 Å². The molecule has 3 atom stereocenters.